The molecule has 1 aliphatic heterocycles. The molecule has 3 amide bonds. The van der Waals surface area contributed by atoms with Crippen LogP contribution in [0.4, 0.5) is 5.69 Å². The Morgan fingerprint density at radius 3 is 2.48 bits per heavy atom. The first kappa shape index (κ1) is 19.1. The van der Waals surface area contributed by atoms with Gasteiger partial charge >= 0.3 is 0 Å². The molecular weight excluding hydrogens is 320 g/mol. The molecule has 1 aliphatic rings. The quantitative estimate of drug-likeness (QED) is 0.707. The summed E-state index contributed by atoms with van der Waals surface area (Å²) >= 11 is 0. The zero-order valence-corrected chi connectivity index (χ0v) is 15.0. The lowest BCUT2D eigenvalue weighted by Gasteiger charge is -2.14. The number of imide groups is 1. The summed E-state index contributed by atoms with van der Waals surface area (Å²) in [5.74, 6) is -0.375. The molecule has 136 valence electrons. The minimum Gasteiger partial charge on any atom is -0.369 e. The van der Waals surface area contributed by atoms with E-state index in [9.17, 15) is 14.4 Å². The Morgan fingerprint density at radius 1 is 1.24 bits per heavy atom. The highest BCUT2D eigenvalue weighted by molar-refractivity contribution is 6.03. The molecular formula is C19H26N2O4. The predicted molar refractivity (Wildman–Crippen MR) is 94.9 cm³/mol. The Labute approximate surface area is 148 Å². The molecule has 1 aromatic rings. The van der Waals surface area contributed by atoms with Crippen LogP contribution in [0.25, 0.3) is 0 Å². The van der Waals surface area contributed by atoms with Gasteiger partial charge in [-0.15, -0.1) is 0 Å². The third kappa shape index (κ3) is 5.98. The highest BCUT2D eigenvalue weighted by Gasteiger charge is 2.30. The van der Waals surface area contributed by atoms with Gasteiger partial charge in [-0.05, 0) is 43.4 Å². The van der Waals surface area contributed by atoms with Crippen molar-refractivity contribution in [1.29, 1.82) is 0 Å². The van der Waals surface area contributed by atoms with Gasteiger partial charge in [-0.25, -0.2) is 0 Å². The maximum atomic E-state index is 12.1. The van der Waals surface area contributed by atoms with Gasteiger partial charge in [-0.1, -0.05) is 26.0 Å². The topological polar surface area (TPSA) is 84.5 Å². The molecule has 6 heteroatoms. The molecule has 0 spiro atoms. The van der Waals surface area contributed by atoms with Crippen LogP contribution in [-0.2, 0) is 25.5 Å². The van der Waals surface area contributed by atoms with Gasteiger partial charge in [0.15, 0.2) is 0 Å². The van der Waals surface area contributed by atoms with E-state index in [0.717, 1.165) is 12.0 Å². The smallest absolute Gasteiger partial charge is 0.253 e. The predicted octanol–water partition coefficient (Wildman–Crippen LogP) is 2.28. The summed E-state index contributed by atoms with van der Waals surface area (Å²) in [5.41, 5.74) is 1.63. The number of hydrogen-bond donors (Lipinski definition) is 2. The maximum absolute atomic E-state index is 12.1. The minimum absolute atomic E-state index is 0.183. The summed E-state index contributed by atoms with van der Waals surface area (Å²) in [6.07, 6.45) is 1.17. The van der Waals surface area contributed by atoms with E-state index in [1.165, 1.54) is 0 Å². The summed E-state index contributed by atoms with van der Waals surface area (Å²) in [6.45, 7) is 6.52. The van der Waals surface area contributed by atoms with Crippen molar-refractivity contribution >= 4 is 23.4 Å². The van der Waals surface area contributed by atoms with E-state index in [1.54, 1.807) is 19.1 Å². The standard InChI is InChI=1S/C19H26N2O4/c1-12(2)8-9-25-13(3)18(23)20-16-6-4-14(5-7-16)10-15-11-17(22)21-19(15)24/h4-7,12-13,15H,8-11H2,1-3H3,(H,20,23)(H,21,22,24)/t13-,15-/m0/s1. The second-order valence-electron chi connectivity index (χ2n) is 6.90. The summed E-state index contributed by atoms with van der Waals surface area (Å²) < 4.78 is 5.53. The van der Waals surface area contributed by atoms with Crippen molar-refractivity contribution in [2.24, 2.45) is 11.8 Å². The van der Waals surface area contributed by atoms with Crippen LogP contribution in [0.3, 0.4) is 0 Å². The number of nitrogens with one attached hydrogen (secondary N) is 2. The van der Waals surface area contributed by atoms with Crippen LogP contribution < -0.4 is 10.6 Å². The fourth-order valence-electron chi connectivity index (χ4n) is 2.58. The molecule has 2 N–H and O–H groups in total. The molecule has 0 radical (unpaired) electrons. The summed E-state index contributed by atoms with van der Waals surface area (Å²) in [6, 6.07) is 7.30. The summed E-state index contributed by atoms with van der Waals surface area (Å²) in [7, 11) is 0. The molecule has 6 nitrogen and oxygen atoms in total. The molecule has 2 atom stereocenters. The normalized spacial score (nSPS) is 18.3. The van der Waals surface area contributed by atoms with Gasteiger partial charge in [0, 0.05) is 18.7 Å². The molecule has 0 bridgehead atoms. The van der Waals surface area contributed by atoms with Crippen LogP contribution >= 0.6 is 0 Å². The van der Waals surface area contributed by atoms with E-state index in [1.807, 2.05) is 12.1 Å². The number of hydrogen-bond acceptors (Lipinski definition) is 4. The lowest BCUT2D eigenvalue weighted by atomic mass is 9.98. The Morgan fingerprint density at radius 2 is 1.92 bits per heavy atom. The van der Waals surface area contributed by atoms with Crippen LogP contribution in [0.5, 0.6) is 0 Å². The minimum atomic E-state index is -0.508. The van der Waals surface area contributed by atoms with E-state index in [4.69, 9.17) is 4.74 Å². The first-order valence-corrected chi connectivity index (χ1v) is 8.70. The van der Waals surface area contributed by atoms with E-state index >= 15 is 0 Å². The van der Waals surface area contributed by atoms with Crippen LogP contribution in [0.1, 0.15) is 39.2 Å². The zero-order valence-electron chi connectivity index (χ0n) is 15.0. The van der Waals surface area contributed by atoms with Crippen molar-refractivity contribution in [3.05, 3.63) is 29.8 Å². The first-order valence-electron chi connectivity index (χ1n) is 8.70. The van der Waals surface area contributed by atoms with Crippen LogP contribution in [0.2, 0.25) is 0 Å². The zero-order chi connectivity index (χ0) is 18.4. The highest BCUT2D eigenvalue weighted by atomic mass is 16.5. The fourth-order valence-corrected chi connectivity index (χ4v) is 2.58. The lowest BCUT2D eigenvalue weighted by molar-refractivity contribution is -0.127. The van der Waals surface area contributed by atoms with Crippen molar-refractivity contribution in [2.75, 3.05) is 11.9 Å². The van der Waals surface area contributed by atoms with Crippen LogP contribution in [0.15, 0.2) is 24.3 Å². The van der Waals surface area contributed by atoms with E-state index in [-0.39, 0.29) is 30.1 Å². The summed E-state index contributed by atoms with van der Waals surface area (Å²) in [5, 5.41) is 5.13. The number of benzene rings is 1. The molecule has 0 aliphatic carbocycles. The molecule has 1 aromatic carbocycles. The molecule has 0 aromatic heterocycles. The second-order valence-corrected chi connectivity index (χ2v) is 6.90. The number of amides is 3. The van der Waals surface area contributed by atoms with Gasteiger partial charge < -0.3 is 10.1 Å². The Kier molecular flexibility index (Phi) is 6.70. The molecule has 0 unspecified atom stereocenters. The maximum Gasteiger partial charge on any atom is 0.253 e. The SMILES string of the molecule is CC(C)CCO[C@@H](C)C(=O)Nc1ccc(C[C@H]2CC(=O)NC2=O)cc1. The van der Waals surface area contributed by atoms with Gasteiger partial charge in [0.2, 0.25) is 11.8 Å². The summed E-state index contributed by atoms with van der Waals surface area (Å²) in [4.78, 5) is 34.9. The van der Waals surface area contributed by atoms with Crippen LogP contribution in [-0.4, -0.2) is 30.4 Å². The van der Waals surface area contributed by atoms with Gasteiger partial charge in [0.05, 0.1) is 5.92 Å². The van der Waals surface area contributed by atoms with Crippen molar-refractivity contribution in [1.82, 2.24) is 5.32 Å². The van der Waals surface area contributed by atoms with Crippen LogP contribution in [0, 0.1) is 11.8 Å². The first-order chi connectivity index (χ1) is 11.8. The van der Waals surface area contributed by atoms with Gasteiger partial charge in [0.25, 0.3) is 5.91 Å². The Bertz CT molecular complexity index is 625. The van der Waals surface area contributed by atoms with Gasteiger partial charge in [-0.3, -0.25) is 19.7 Å². The largest absolute Gasteiger partial charge is 0.369 e. The fraction of sp³-hybridized carbons (Fsp3) is 0.526. The monoisotopic (exact) mass is 346 g/mol. The molecule has 0 saturated carbocycles. The Hall–Kier alpha value is -2.21. The van der Waals surface area contributed by atoms with E-state index in [2.05, 4.69) is 24.5 Å². The second kappa shape index (κ2) is 8.76. The van der Waals surface area contributed by atoms with Gasteiger partial charge in [-0.2, -0.15) is 0 Å². The number of anilines is 1. The van der Waals surface area contributed by atoms with Crippen molar-refractivity contribution in [3.8, 4) is 0 Å². The molecule has 25 heavy (non-hydrogen) atoms. The number of carbonyl (C=O) groups excluding carboxylic acids is 3. The number of carbonyl (C=O) groups is 3. The third-order valence-electron chi connectivity index (χ3n) is 4.20. The van der Waals surface area contributed by atoms with E-state index < -0.39 is 6.10 Å². The average Bonchev–Trinajstić information content (AvgIpc) is 2.86. The number of rotatable bonds is 8. The highest BCUT2D eigenvalue weighted by Crippen LogP contribution is 2.19. The Balaban J connectivity index is 1.82. The lowest BCUT2D eigenvalue weighted by Crippen LogP contribution is -2.28. The molecule has 2 rings (SSSR count). The van der Waals surface area contributed by atoms with Crippen molar-refractivity contribution < 1.29 is 19.1 Å². The third-order valence-corrected chi connectivity index (χ3v) is 4.20. The molecule has 1 fully saturated rings. The van der Waals surface area contributed by atoms with Crippen molar-refractivity contribution in [3.63, 3.8) is 0 Å². The average molecular weight is 346 g/mol. The van der Waals surface area contributed by atoms with Gasteiger partial charge in [0.1, 0.15) is 6.10 Å². The molecule has 1 saturated heterocycles. The van der Waals surface area contributed by atoms with Crippen molar-refractivity contribution in [2.45, 2.75) is 46.1 Å². The van der Waals surface area contributed by atoms with E-state index in [0.29, 0.717) is 24.6 Å². The molecule has 1 heterocycles. The number of ether oxygens (including phenoxy) is 1.